The predicted octanol–water partition coefficient (Wildman–Crippen LogP) is 2.27. The third kappa shape index (κ3) is 2.56. The number of nitrogens with one attached hydrogen (secondary N) is 1. The van der Waals surface area contributed by atoms with Crippen molar-refractivity contribution in [1.82, 2.24) is 10.2 Å². The Morgan fingerprint density at radius 3 is 2.50 bits per heavy atom. The molecule has 2 N–H and O–H groups in total. The van der Waals surface area contributed by atoms with Crippen molar-refractivity contribution in [3.8, 4) is 0 Å². The van der Waals surface area contributed by atoms with Crippen molar-refractivity contribution in [2.75, 3.05) is 0 Å². The van der Waals surface area contributed by atoms with E-state index in [-0.39, 0.29) is 11.3 Å². The molecular formula is C10H14F2N2O2. The fraction of sp³-hybridized carbons (Fsp3) is 0.600. The van der Waals surface area contributed by atoms with Crippen LogP contribution in [0.25, 0.3) is 0 Å². The molecule has 1 heterocycles. The molecule has 0 aliphatic carbocycles. The SMILES string of the molecule is CC(C)(C)c1[nH]ncc1C(F)(F)CC(=O)O. The average Bonchev–Trinajstić information content (AvgIpc) is 2.46. The second kappa shape index (κ2) is 3.84. The number of aromatic nitrogens is 2. The molecule has 16 heavy (non-hydrogen) atoms. The zero-order chi connectivity index (χ0) is 12.6. The molecule has 0 amide bonds. The summed E-state index contributed by atoms with van der Waals surface area (Å²) in [5, 5.41) is 14.5. The van der Waals surface area contributed by atoms with Crippen molar-refractivity contribution in [1.29, 1.82) is 0 Å². The van der Waals surface area contributed by atoms with Crippen molar-refractivity contribution < 1.29 is 18.7 Å². The molecule has 0 aliphatic heterocycles. The van der Waals surface area contributed by atoms with E-state index in [2.05, 4.69) is 10.2 Å². The quantitative estimate of drug-likeness (QED) is 0.840. The maximum atomic E-state index is 13.6. The van der Waals surface area contributed by atoms with Gasteiger partial charge in [0.25, 0.3) is 5.92 Å². The molecule has 0 unspecified atom stereocenters. The molecule has 4 nitrogen and oxygen atoms in total. The van der Waals surface area contributed by atoms with Gasteiger partial charge in [-0.05, 0) is 0 Å². The van der Waals surface area contributed by atoms with Crippen LogP contribution >= 0.6 is 0 Å². The van der Waals surface area contributed by atoms with E-state index in [0.717, 1.165) is 6.20 Å². The van der Waals surface area contributed by atoms with Gasteiger partial charge in [0.1, 0.15) is 6.42 Å². The van der Waals surface area contributed by atoms with Gasteiger partial charge in [0.05, 0.1) is 11.8 Å². The largest absolute Gasteiger partial charge is 0.481 e. The minimum atomic E-state index is -3.40. The molecule has 0 saturated carbocycles. The first-order chi connectivity index (χ1) is 7.14. The van der Waals surface area contributed by atoms with Gasteiger partial charge in [-0.2, -0.15) is 5.10 Å². The lowest BCUT2D eigenvalue weighted by Gasteiger charge is -2.22. The first-order valence-corrected chi connectivity index (χ1v) is 4.78. The van der Waals surface area contributed by atoms with Crippen LogP contribution in [0.15, 0.2) is 6.20 Å². The Balaban J connectivity index is 3.14. The topological polar surface area (TPSA) is 66.0 Å². The van der Waals surface area contributed by atoms with Crippen LogP contribution in [0.1, 0.15) is 38.4 Å². The van der Waals surface area contributed by atoms with Crippen LogP contribution in [0.5, 0.6) is 0 Å². The maximum absolute atomic E-state index is 13.6. The number of nitrogens with zero attached hydrogens (tertiary/aromatic N) is 1. The van der Waals surface area contributed by atoms with Crippen molar-refractivity contribution in [3.05, 3.63) is 17.5 Å². The summed E-state index contributed by atoms with van der Waals surface area (Å²) in [5.74, 6) is -4.94. The summed E-state index contributed by atoms with van der Waals surface area (Å²) in [6, 6.07) is 0. The maximum Gasteiger partial charge on any atom is 0.309 e. The number of carboxylic acid groups (broad SMARTS) is 1. The molecule has 0 aliphatic rings. The molecule has 6 heteroatoms. The van der Waals surface area contributed by atoms with Crippen LogP contribution in [0.4, 0.5) is 8.78 Å². The second-order valence-electron chi connectivity index (χ2n) is 4.68. The highest BCUT2D eigenvalue weighted by Crippen LogP contribution is 2.37. The summed E-state index contributed by atoms with van der Waals surface area (Å²) in [5.41, 5.74) is -0.616. The summed E-state index contributed by atoms with van der Waals surface area (Å²) in [7, 11) is 0. The smallest absolute Gasteiger partial charge is 0.309 e. The third-order valence-corrected chi connectivity index (χ3v) is 2.16. The zero-order valence-corrected chi connectivity index (χ0v) is 9.34. The number of carboxylic acids is 1. The lowest BCUT2D eigenvalue weighted by atomic mass is 9.87. The van der Waals surface area contributed by atoms with Crippen LogP contribution in [0.3, 0.4) is 0 Å². The number of hydrogen-bond donors (Lipinski definition) is 2. The Kier molecular flexibility index (Phi) is 3.03. The van der Waals surface area contributed by atoms with Crippen LogP contribution in [0.2, 0.25) is 0 Å². The van der Waals surface area contributed by atoms with Gasteiger partial charge >= 0.3 is 5.97 Å². The van der Waals surface area contributed by atoms with Gasteiger partial charge in [-0.1, -0.05) is 20.8 Å². The van der Waals surface area contributed by atoms with Gasteiger partial charge in [-0.3, -0.25) is 9.89 Å². The van der Waals surface area contributed by atoms with E-state index < -0.39 is 23.7 Å². The van der Waals surface area contributed by atoms with E-state index >= 15 is 0 Å². The fourth-order valence-electron chi connectivity index (χ4n) is 1.42. The number of rotatable bonds is 3. The number of carbonyl (C=O) groups is 1. The zero-order valence-electron chi connectivity index (χ0n) is 9.34. The average molecular weight is 232 g/mol. The predicted molar refractivity (Wildman–Crippen MR) is 53.4 cm³/mol. The normalized spacial score (nSPS) is 12.8. The molecule has 1 rings (SSSR count). The van der Waals surface area contributed by atoms with Gasteiger partial charge in [0.15, 0.2) is 0 Å². The Hall–Kier alpha value is -1.46. The molecule has 0 saturated heterocycles. The number of aliphatic carboxylic acids is 1. The summed E-state index contributed by atoms with van der Waals surface area (Å²) in [6.07, 6.45) is -0.237. The van der Waals surface area contributed by atoms with Crippen molar-refractivity contribution in [3.63, 3.8) is 0 Å². The van der Waals surface area contributed by atoms with Crippen LogP contribution in [0, 0.1) is 0 Å². The number of aromatic amines is 1. The molecule has 1 aromatic heterocycles. The van der Waals surface area contributed by atoms with Gasteiger partial charge in [-0.25, -0.2) is 8.78 Å². The summed E-state index contributed by atoms with van der Waals surface area (Å²) >= 11 is 0. The van der Waals surface area contributed by atoms with Gasteiger partial charge in [0, 0.05) is 11.1 Å². The molecule has 1 aromatic rings. The van der Waals surface area contributed by atoms with E-state index in [1.807, 2.05) is 0 Å². The van der Waals surface area contributed by atoms with Crippen molar-refractivity contribution >= 4 is 5.97 Å². The number of hydrogen-bond acceptors (Lipinski definition) is 2. The molecule has 0 radical (unpaired) electrons. The Bertz CT molecular complexity index is 394. The molecule has 0 atom stereocenters. The van der Waals surface area contributed by atoms with Crippen molar-refractivity contribution in [2.45, 2.75) is 38.5 Å². The Morgan fingerprint density at radius 1 is 1.50 bits per heavy atom. The molecule has 0 bridgehead atoms. The van der Waals surface area contributed by atoms with Gasteiger partial charge in [0.2, 0.25) is 0 Å². The molecular weight excluding hydrogens is 218 g/mol. The highest BCUT2D eigenvalue weighted by molar-refractivity contribution is 5.68. The minimum absolute atomic E-state index is 0.263. The van der Waals surface area contributed by atoms with E-state index in [9.17, 15) is 13.6 Å². The van der Waals surface area contributed by atoms with Crippen LogP contribution in [-0.4, -0.2) is 21.3 Å². The Morgan fingerprint density at radius 2 is 2.06 bits per heavy atom. The fourth-order valence-corrected chi connectivity index (χ4v) is 1.42. The highest BCUT2D eigenvalue weighted by atomic mass is 19.3. The second-order valence-corrected chi connectivity index (χ2v) is 4.68. The molecule has 0 spiro atoms. The van der Waals surface area contributed by atoms with Crippen molar-refractivity contribution in [2.24, 2.45) is 0 Å². The first kappa shape index (κ1) is 12.6. The number of halogens is 2. The summed E-state index contributed by atoms with van der Waals surface area (Å²) in [4.78, 5) is 10.4. The lowest BCUT2D eigenvalue weighted by Crippen LogP contribution is -2.24. The number of alkyl halides is 2. The number of H-pyrrole nitrogens is 1. The molecule has 0 aromatic carbocycles. The van der Waals surface area contributed by atoms with E-state index in [1.54, 1.807) is 20.8 Å². The monoisotopic (exact) mass is 232 g/mol. The molecule has 0 fully saturated rings. The van der Waals surface area contributed by atoms with Gasteiger partial charge < -0.3 is 5.11 Å². The summed E-state index contributed by atoms with van der Waals surface area (Å²) in [6.45, 7) is 5.25. The minimum Gasteiger partial charge on any atom is -0.481 e. The first-order valence-electron chi connectivity index (χ1n) is 4.78. The summed E-state index contributed by atoms with van der Waals surface area (Å²) < 4.78 is 27.2. The third-order valence-electron chi connectivity index (χ3n) is 2.16. The van der Waals surface area contributed by atoms with Gasteiger partial charge in [-0.15, -0.1) is 0 Å². The van der Waals surface area contributed by atoms with Crippen LogP contribution in [-0.2, 0) is 16.1 Å². The van der Waals surface area contributed by atoms with E-state index in [4.69, 9.17) is 5.11 Å². The lowest BCUT2D eigenvalue weighted by molar-refractivity contribution is -0.145. The Labute approximate surface area is 91.7 Å². The van der Waals surface area contributed by atoms with Crippen LogP contribution < -0.4 is 0 Å². The van der Waals surface area contributed by atoms with E-state index in [0.29, 0.717) is 0 Å². The standard InChI is InChI=1S/C10H14F2N2O2/c1-9(2,3)8-6(5-13-14-8)10(11,12)4-7(15)16/h5H,4H2,1-3H3,(H,13,14)(H,15,16). The van der Waals surface area contributed by atoms with E-state index in [1.165, 1.54) is 0 Å². The highest BCUT2D eigenvalue weighted by Gasteiger charge is 2.40. The molecule has 90 valence electrons.